The number of nitriles is 1. The Morgan fingerprint density at radius 1 is 1.57 bits per heavy atom. The van der Waals surface area contributed by atoms with Crippen LogP contribution in [0.5, 0.6) is 0 Å². The van der Waals surface area contributed by atoms with Crippen molar-refractivity contribution >= 4 is 0 Å². The summed E-state index contributed by atoms with van der Waals surface area (Å²) in [6.45, 7) is 8.54. The van der Waals surface area contributed by atoms with E-state index >= 15 is 0 Å². The molecule has 1 atom stereocenters. The van der Waals surface area contributed by atoms with E-state index in [1.165, 1.54) is 25.9 Å². The summed E-state index contributed by atoms with van der Waals surface area (Å²) in [6, 6.07) is 2.67. The molecule has 3 nitrogen and oxygen atoms in total. The van der Waals surface area contributed by atoms with Crippen molar-refractivity contribution in [2.24, 2.45) is 5.92 Å². The highest BCUT2D eigenvalue weighted by Gasteiger charge is 2.21. The van der Waals surface area contributed by atoms with Gasteiger partial charge in [-0.2, -0.15) is 5.26 Å². The van der Waals surface area contributed by atoms with E-state index in [-0.39, 0.29) is 0 Å². The van der Waals surface area contributed by atoms with E-state index in [4.69, 9.17) is 5.26 Å². The van der Waals surface area contributed by atoms with Gasteiger partial charge >= 0.3 is 0 Å². The van der Waals surface area contributed by atoms with Gasteiger partial charge < -0.3 is 10.2 Å². The Morgan fingerprint density at radius 2 is 2.36 bits per heavy atom. The summed E-state index contributed by atoms with van der Waals surface area (Å²) in [7, 11) is 0. The Kier molecular flexibility index (Phi) is 4.92. The number of rotatable bonds is 5. The third-order valence-electron chi connectivity index (χ3n) is 2.76. The van der Waals surface area contributed by atoms with Crippen LogP contribution in [0.4, 0.5) is 0 Å². The van der Waals surface area contributed by atoms with Crippen LogP contribution in [0.2, 0.25) is 0 Å². The van der Waals surface area contributed by atoms with Crippen LogP contribution in [0.3, 0.4) is 0 Å². The summed E-state index contributed by atoms with van der Waals surface area (Å²) in [6.07, 6.45) is 2.48. The molecule has 0 aliphatic carbocycles. The quantitative estimate of drug-likeness (QED) is 0.670. The minimum atomic E-state index is 0.489. The molecule has 3 heteroatoms. The number of nitrogens with one attached hydrogen (secondary N) is 1. The highest BCUT2D eigenvalue weighted by molar-refractivity contribution is 4.84. The van der Waals surface area contributed by atoms with Gasteiger partial charge in [0.25, 0.3) is 0 Å². The van der Waals surface area contributed by atoms with E-state index in [2.05, 4.69) is 30.1 Å². The molecule has 14 heavy (non-hydrogen) atoms. The molecule has 1 aliphatic rings. The Bertz CT molecular complexity index is 195. The van der Waals surface area contributed by atoms with Crippen molar-refractivity contribution in [3.05, 3.63) is 0 Å². The summed E-state index contributed by atoms with van der Waals surface area (Å²) in [5.41, 5.74) is 0. The molecular formula is C11H21N3. The molecule has 1 aliphatic heterocycles. The first kappa shape index (κ1) is 11.5. The van der Waals surface area contributed by atoms with E-state index in [1.807, 2.05) is 0 Å². The zero-order valence-corrected chi connectivity index (χ0v) is 9.29. The molecule has 1 fully saturated rings. The van der Waals surface area contributed by atoms with Crippen molar-refractivity contribution in [2.45, 2.75) is 32.7 Å². The monoisotopic (exact) mass is 195 g/mol. The normalized spacial score (nSPS) is 22.9. The average molecular weight is 195 g/mol. The first-order valence-electron chi connectivity index (χ1n) is 5.55. The summed E-state index contributed by atoms with van der Waals surface area (Å²) in [5, 5.41) is 11.7. The zero-order chi connectivity index (χ0) is 10.4. The lowest BCUT2D eigenvalue weighted by molar-refractivity contribution is 0.306. The fraction of sp³-hybridized carbons (Fsp3) is 0.909. The Labute approximate surface area is 87.1 Å². The molecule has 0 aromatic rings. The van der Waals surface area contributed by atoms with Crippen LogP contribution in [-0.2, 0) is 0 Å². The smallest absolute Gasteiger partial charge is 0.0843 e. The molecule has 0 saturated carbocycles. The minimum Gasteiger partial charge on any atom is -0.302 e. The predicted octanol–water partition coefficient (Wildman–Crippen LogP) is 1.22. The van der Waals surface area contributed by atoms with Gasteiger partial charge in [-0.15, -0.1) is 0 Å². The Balaban J connectivity index is 2.11. The van der Waals surface area contributed by atoms with Crippen LogP contribution in [0.15, 0.2) is 0 Å². The number of nitrogens with zero attached hydrogens (tertiary/aromatic N) is 2. The third kappa shape index (κ3) is 4.08. The minimum absolute atomic E-state index is 0.489. The second kappa shape index (κ2) is 6.00. The van der Waals surface area contributed by atoms with Crippen molar-refractivity contribution in [3.8, 4) is 6.07 Å². The highest BCUT2D eigenvalue weighted by Crippen LogP contribution is 2.11. The van der Waals surface area contributed by atoms with Crippen molar-refractivity contribution in [1.29, 1.82) is 5.26 Å². The number of likely N-dealkylation sites (tertiary alicyclic amines) is 1. The number of hydrogen-bond acceptors (Lipinski definition) is 3. The molecule has 1 saturated heterocycles. The molecule has 0 aromatic heterocycles. The van der Waals surface area contributed by atoms with E-state index in [9.17, 15) is 0 Å². The maximum Gasteiger partial charge on any atom is 0.0843 e. The van der Waals surface area contributed by atoms with Crippen molar-refractivity contribution < 1.29 is 0 Å². The summed E-state index contributed by atoms with van der Waals surface area (Å²) >= 11 is 0. The van der Waals surface area contributed by atoms with Gasteiger partial charge in [-0.1, -0.05) is 13.8 Å². The number of hydrogen-bond donors (Lipinski definition) is 1. The topological polar surface area (TPSA) is 39.1 Å². The molecule has 1 N–H and O–H groups in total. The fourth-order valence-corrected chi connectivity index (χ4v) is 1.83. The molecule has 1 unspecified atom stereocenters. The SMILES string of the molecule is CC(C)CCN1CCC(NCC#N)C1. The first-order chi connectivity index (χ1) is 6.72. The van der Waals surface area contributed by atoms with E-state index in [0.29, 0.717) is 12.6 Å². The van der Waals surface area contributed by atoms with Crippen LogP contribution < -0.4 is 5.32 Å². The van der Waals surface area contributed by atoms with Gasteiger partial charge in [-0.05, 0) is 31.8 Å². The predicted molar refractivity (Wildman–Crippen MR) is 57.9 cm³/mol. The van der Waals surface area contributed by atoms with Gasteiger partial charge in [0.15, 0.2) is 0 Å². The first-order valence-corrected chi connectivity index (χ1v) is 5.55. The molecule has 80 valence electrons. The van der Waals surface area contributed by atoms with Gasteiger partial charge in [-0.25, -0.2) is 0 Å². The second-order valence-corrected chi connectivity index (χ2v) is 4.51. The Hall–Kier alpha value is -0.590. The van der Waals surface area contributed by atoms with Crippen LogP contribution in [0.25, 0.3) is 0 Å². The van der Waals surface area contributed by atoms with Crippen molar-refractivity contribution in [1.82, 2.24) is 10.2 Å². The molecule has 0 radical (unpaired) electrons. The van der Waals surface area contributed by atoms with Crippen LogP contribution in [0, 0.1) is 17.2 Å². The van der Waals surface area contributed by atoms with Crippen molar-refractivity contribution in [2.75, 3.05) is 26.2 Å². The van der Waals surface area contributed by atoms with Gasteiger partial charge in [0.05, 0.1) is 12.6 Å². The second-order valence-electron chi connectivity index (χ2n) is 4.51. The standard InChI is InChI=1S/C11H21N3/c1-10(2)3-7-14-8-4-11(9-14)13-6-5-12/h10-11,13H,3-4,6-9H2,1-2H3. The molecule has 0 aromatic carbocycles. The van der Waals surface area contributed by atoms with E-state index < -0.39 is 0 Å². The lowest BCUT2D eigenvalue weighted by atomic mass is 10.1. The van der Waals surface area contributed by atoms with Crippen LogP contribution in [0.1, 0.15) is 26.7 Å². The van der Waals surface area contributed by atoms with Gasteiger partial charge in [0, 0.05) is 12.6 Å². The lowest BCUT2D eigenvalue weighted by Gasteiger charge is -2.17. The molecule has 0 spiro atoms. The summed E-state index contributed by atoms with van der Waals surface area (Å²) < 4.78 is 0. The molecular weight excluding hydrogens is 174 g/mol. The third-order valence-corrected chi connectivity index (χ3v) is 2.76. The van der Waals surface area contributed by atoms with Gasteiger partial charge in [-0.3, -0.25) is 0 Å². The molecule has 1 heterocycles. The van der Waals surface area contributed by atoms with Crippen LogP contribution in [-0.4, -0.2) is 37.1 Å². The average Bonchev–Trinajstić information content (AvgIpc) is 2.59. The molecule has 0 bridgehead atoms. The van der Waals surface area contributed by atoms with Crippen molar-refractivity contribution in [3.63, 3.8) is 0 Å². The van der Waals surface area contributed by atoms with E-state index in [1.54, 1.807) is 0 Å². The maximum absolute atomic E-state index is 8.44. The van der Waals surface area contributed by atoms with E-state index in [0.717, 1.165) is 12.5 Å². The summed E-state index contributed by atoms with van der Waals surface area (Å²) in [5.74, 6) is 0.793. The Morgan fingerprint density at radius 3 is 3.00 bits per heavy atom. The highest BCUT2D eigenvalue weighted by atomic mass is 15.2. The molecule has 0 amide bonds. The largest absolute Gasteiger partial charge is 0.302 e. The fourth-order valence-electron chi connectivity index (χ4n) is 1.83. The summed E-state index contributed by atoms with van der Waals surface area (Å²) in [4.78, 5) is 2.50. The maximum atomic E-state index is 8.44. The zero-order valence-electron chi connectivity index (χ0n) is 9.29. The van der Waals surface area contributed by atoms with Crippen LogP contribution >= 0.6 is 0 Å². The van der Waals surface area contributed by atoms with Gasteiger partial charge in [0.2, 0.25) is 0 Å². The molecule has 1 rings (SSSR count). The van der Waals surface area contributed by atoms with Gasteiger partial charge in [0.1, 0.15) is 0 Å². The lowest BCUT2D eigenvalue weighted by Crippen LogP contribution is -2.33.